The SMILES string of the molecule is N#Cc1ccccc1COc1cccc(C(=O)N2CCC3(CC2)OCCO3)c1. The van der Waals surface area contributed by atoms with E-state index in [1.165, 1.54) is 0 Å². The molecule has 2 aliphatic heterocycles. The Morgan fingerprint density at radius 1 is 1.11 bits per heavy atom. The molecule has 0 bridgehead atoms. The number of likely N-dealkylation sites (tertiary alicyclic amines) is 1. The van der Waals surface area contributed by atoms with Crippen molar-refractivity contribution >= 4 is 5.91 Å². The lowest BCUT2D eigenvalue weighted by Gasteiger charge is -2.37. The minimum atomic E-state index is -0.490. The van der Waals surface area contributed by atoms with E-state index in [2.05, 4.69) is 6.07 Å². The number of hydrogen-bond acceptors (Lipinski definition) is 5. The Morgan fingerprint density at radius 2 is 1.86 bits per heavy atom. The highest BCUT2D eigenvalue weighted by Crippen LogP contribution is 2.32. The van der Waals surface area contributed by atoms with Gasteiger partial charge in [0.2, 0.25) is 0 Å². The molecule has 0 radical (unpaired) electrons. The second-order valence-electron chi connectivity index (χ2n) is 6.99. The zero-order valence-corrected chi connectivity index (χ0v) is 15.6. The molecule has 2 aromatic carbocycles. The van der Waals surface area contributed by atoms with E-state index in [0.29, 0.717) is 56.0 Å². The van der Waals surface area contributed by atoms with E-state index >= 15 is 0 Å². The first-order valence-corrected chi connectivity index (χ1v) is 9.47. The number of hydrogen-bond donors (Lipinski definition) is 0. The number of nitriles is 1. The van der Waals surface area contributed by atoms with Gasteiger partial charge < -0.3 is 19.1 Å². The Balaban J connectivity index is 1.39. The number of nitrogens with zero attached hydrogens (tertiary/aromatic N) is 2. The van der Waals surface area contributed by atoms with E-state index in [1.807, 2.05) is 35.2 Å². The quantitative estimate of drug-likeness (QED) is 0.817. The van der Waals surface area contributed by atoms with Crippen molar-refractivity contribution in [3.05, 3.63) is 65.2 Å². The molecule has 4 rings (SSSR count). The molecule has 0 atom stereocenters. The highest BCUT2D eigenvalue weighted by molar-refractivity contribution is 5.94. The van der Waals surface area contributed by atoms with Gasteiger partial charge in [-0.2, -0.15) is 5.26 Å². The first-order valence-electron chi connectivity index (χ1n) is 9.47. The van der Waals surface area contributed by atoms with Gasteiger partial charge in [-0.25, -0.2) is 0 Å². The second kappa shape index (κ2) is 8.01. The number of piperidine rings is 1. The third-order valence-corrected chi connectivity index (χ3v) is 5.24. The maximum atomic E-state index is 12.9. The number of carbonyl (C=O) groups is 1. The predicted octanol–water partition coefficient (Wildman–Crippen LogP) is 3.12. The molecule has 6 nitrogen and oxygen atoms in total. The summed E-state index contributed by atoms with van der Waals surface area (Å²) in [7, 11) is 0. The Hall–Kier alpha value is -2.88. The lowest BCUT2D eigenvalue weighted by molar-refractivity contribution is -0.181. The molecule has 1 amide bonds. The molecule has 0 saturated carbocycles. The molecule has 2 heterocycles. The molecule has 2 aromatic rings. The van der Waals surface area contributed by atoms with Gasteiger partial charge in [-0.3, -0.25) is 4.79 Å². The largest absolute Gasteiger partial charge is 0.489 e. The first kappa shape index (κ1) is 18.5. The van der Waals surface area contributed by atoms with Crippen LogP contribution in [-0.4, -0.2) is 42.9 Å². The smallest absolute Gasteiger partial charge is 0.253 e. The van der Waals surface area contributed by atoms with E-state index < -0.39 is 5.79 Å². The topological polar surface area (TPSA) is 71.8 Å². The van der Waals surface area contributed by atoms with Crippen LogP contribution in [0.3, 0.4) is 0 Å². The van der Waals surface area contributed by atoms with Crippen molar-refractivity contribution in [1.82, 2.24) is 4.90 Å². The van der Waals surface area contributed by atoms with Crippen LogP contribution in [0.15, 0.2) is 48.5 Å². The van der Waals surface area contributed by atoms with Gasteiger partial charge in [0.05, 0.1) is 24.8 Å². The van der Waals surface area contributed by atoms with Crippen molar-refractivity contribution in [3.63, 3.8) is 0 Å². The van der Waals surface area contributed by atoms with Gasteiger partial charge in [-0.05, 0) is 24.3 Å². The van der Waals surface area contributed by atoms with E-state index in [0.717, 1.165) is 5.56 Å². The Morgan fingerprint density at radius 3 is 2.61 bits per heavy atom. The molecule has 2 fully saturated rings. The van der Waals surface area contributed by atoms with Gasteiger partial charge in [0.1, 0.15) is 12.4 Å². The van der Waals surface area contributed by atoms with Crippen molar-refractivity contribution in [2.24, 2.45) is 0 Å². The molecule has 0 unspecified atom stereocenters. The van der Waals surface area contributed by atoms with Crippen molar-refractivity contribution in [2.45, 2.75) is 25.2 Å². The van der Waals surface area contributed by atoms with E-state index in [9.17, 15) is 10.1 Å². The maximum absolute atomic E-state index is 12.9. The van der Waals surface area contributed by atoms with Crippen molar-refractivity contribution < 1.29 is 19.0 Å². The van der Waals surface area contributed by atoms with Crippen LogP contribution in [0.25, 0.3) is 0 Å². The third-order valence-electron chi connectivity index (χ3n) is 5.24. The summed E-state index contributed by atoms with van der Waals surface area (Å²) in [5, 5.41) is 9.18. The minimum absolute atomic E-state index is 0.0179. The fraction of sp³-hybridized carbons (Fsp3) is 0.364. The molecule has 6 heteroatoms. The van der Waals surface area contributed by atoms with Crippen LogP contribution < -0.4 is 4.74 Å². The van der Waals surface area contributed by atoms with Crippen molar-refractivity contribution in [3.8, 4) is 11.8 Å². The maximum Gasteiger partial charge on any atom is 0.253 e. The van der Waals surface area contributed by atoms with E-state index in [-0.39, 0.29) is 12.5 Å². The Labute approximate surface area is 164 Å². The van der Waals surface area contributed by atoms with Crippen LogP contribution >= 0.6 is 0 Å². The van der Waals surface area contributed by atoms with Crippen LogP contribution in [0.1, 0.15) is 34.3 Å². The monoisotopic (exact) mass is 378 g/mol. The third kappa shape index (κ3) is 3.86. The fourth-order valence-electron chi connectivity index (χ4n) is 3.65. The molecular formula is C22H22N2O4. The van der Waals surface area contributed by atoms with Crippen molar-refractivity contribution in [2.75, 3.05) is 26.3 Å². The van der Waals surface area contributed by atoms with Crippen LogP contribution in [0.4, 0.5) is 0 Å². The van der Waals surface area contributed by atoms with Gasteiger partial charge in [0.15, 0.2) is 5.79 Å². The Kier molecular flexibility index (Phi) is 5.29. The molecule has 0 aliphatic carbocycles. The van der Waals surface area contributed by atoms with Crippen LogP contribution in [-0.2, 0) is 16.1 Å². The molecule has 0 N–H and O–H groups in total. The molecule has 0 aromatic heterocycles. The van der Waals surface area contributed by atoms with Gasteiger partial charge in [-0.1, -0.05) is 24.3 Å². The summed E-state index contributed by atoms with van der Waals surface area (Å²) in [5.74, 6) is 0.0980. The zero-order valence-electron chi connectivity index (χ0n) is 15.6. The van der Waals surface area contributed by atoms with E-state index in [4.69, 9.17) is 14.2 Å². The summed E-state index contributed by atoms with van der Waals surface area (Å²) in [6.07, 6.45) is 1.39. The van der Waals surface area contributed by atoms with Gasteiger partial charge in [0, 0.05) is 37.1 Å². The highest BCUT2D eigenvalue weighted by Gasteiger charge is 2.40. The second-order valence-corrected chi connectivity index (χ2v) is 6.99. The lowest BCUT2D eigenvalue weighted by atomic mass is 10.0. The van der Waals surface area contributed by atoms with E-state index in [1.54, 1.807) is 18.2 Å². The van der Waals surface area contributed by atoms with Gasteiger partial charge >= 0.3 is 0 Å². The summed E-state index contributed by atoms with van der Waals surface area (Å²) in [4.78, 5) is 14.7. The summed E-state index contributed by atoms with van der Waals surface area (Å²) in [6, 6.07) is 16.7. The number of carbonyl (C=O) groups excluding carboxylic acids is 1. The zero-order chi connectivity index (χ0) is 19.4. The van der Waals surface area contributed by atoms with Crippen LogP contribution in [0.5, 0.6) is 5.75 Å². The fourth-order valence-corrected chi connectivity index (χ4v) is 3.65. The van der Waals surface area contributed by atoms with Crippen molar-refractivity contribution in [1.29, 1.82) is 5.26 Å². The average Bonchev–Trinajstić information content (AvgIpc) is 3.20. The number of rotatable bonds is 4. The predicted molar refractivity (Wildman–Crippen MR) is 102 cm³/mol. The normalized spacial score (nSPS) is 18.0. The number of ether oxygens (including phenoxy) is 3. The molecule has 2 aliphatic rings. The summed E-state index contributed by atoms with van der Waals surface area (Å²) < 4.78 is 17.3. The molecule has 144 valence electrons. The van der Waals surface area contributed by atoms with Gasteiger partial charge in [-0.15, -0.1) is 0 Å². The first-order chi connectivity index (χ1) is 13.7. The van der Waals surface area contributed by atoms with Crippen LogP contribution in [0.2, 0.25) is 0 Å². The molecule has 28 heavy (non-hydrogen) atoms. The summed E-state index contributed by atoms with van der Waals surface area (Å²) in [5.41, 5.74) is 2.00. The van der Waals surface area contributed by atoms with Crippen LogP contribution in [0, 0.1) is 11.3 Å². The standard InChI is InChI=1S/C22H22N2O4/c23-15-18-4-1-2-5-19(18)16-26-20-7-3-6-17(14-20)21(25)24-10-8-22(9-11-24)27-12-13-28-22/h1-7,14H,8-13,16H2. The average molecular weight is 378 g/mol. The van der Waals surface area contributed by atoms with Gasteiger partial charge in [0.25, 0.3) is 5.91 Å². The number of benzene rings is 2. The lowest BCUT2D eigenvalue weighted by Crippen LogP contribution is -2.47. The summed E-state index contributed by atoms with van der Waals surface area (Å²) >= 11 is 0. The minimum Gasteiger partial charge on any atom is -0.489 e. The molecular weight excluding hydrogens is 356 g/mol. The number of amides is 1. The molecule has 2 saturated heterocycles. The summed E-state index contributed by atoms with van der Waals surface area (Å²) in [6.45, 7) is 2.76. The molecule has 1 spiro atoms. The Bertz CT molecular complexity index is 889. The highest BCUT2D eigenvalue weighted by atomic mass is 16.7.